The minimum Gasteiger partial charge on any atom is -0.508 e. The molecule has 0 aliphatic rings. The van der Waals surface area contributed by atoms with Crippen LogP contribution in [0.15, 0.2) is 48.5 Å². The smallest absolute Gasteiger partial charge is 0.339 e. The van der Waals surface area contributed by atoms with Crippen LogP contribution in [0.2, 0.25) is 0 Å². The summed E-state index contributed by atoms with van der Waals surface area (Å²) in [5, 5.41) is 22.1. The van der Waals surface area contributed by atoms with Crippen molar-refractivity contribution in [3.8, 4) is 16.9 Å². The first-order valence-corrected chi connectivity index (χ1v) is 8.15. The molecule has 3 N–H and O–H groups in total. The number of anilines is 1. The molecule has 6 nitrogen and oxygen atoms in total. The van der Waals surface area contributed by atoms with Crippen LogP contribution in [-0.4, -0.2) is 26.2 Å². The topological polar surface area (TPSA) is 95.3 Å². The van der Waals surface area contributed by atoms with E-state index < -0.39 is 5.97 Å². The summed E-state index contributed by atoms with van der Waals surface area (Å²) in [6.45, 7) is 3.78. The van der Waals surface area contributed by atoms with Crippen molar-refractivity contribution in [2.45, 2.75) is 20.4 Å². The molecule has 0 spiro atoms. The Hall–Kier alpha value is -3.41. The molecule has 0 aliphatic carbocycles. The number of nitrogens with one attached hydrogen (secondary N) is 1. The maximum atomic E-state index is 11.2. The van der Waals surface area contributed by atoms with Crippen molar-refractivity contribution >= 4 is 11.9 Å². The number of aromatic hydroxyl groups is 1. The van der Waals surface area contributed by atoms with Gasteiger partial charge in [-0.05, 0) is 42.7 Å². The highest BCUT2D eigenvalue weighted by atomic mass is 16.4. The van der Waals surface area contributed by atoms with Gasteiger partial charge in [-0.1, -0.05) is 36.4 Å². The average molecular weight is 349 g/mol. The maximum Gasteiger partial charge on any atom is 0.339 e. The van der Waals surface area contributed by atoms with E-state index in [0.29, 0.717) is 23.9 Å². The van der Waals surface area contributed by atoms with Gasteiger partial charge in [-0.15, -0.1) is 0 Å². The lowest BCUT2D eigenvalue weighted by molar-refractivity contribution is 0.0694. The average Bonchev–Trinajstić information content (AvgIpc) is 2.59. The first-order valence-electron chi connectivity index (χ1n) is 8.15. The van der Waals surface area contributed by atoms with E-state index in [1.807, 2.05) is 30.3 Å². The third kappa shape index (κ3) is 3.64. The molecule has 0 aliphatic heterocycles. The van der Waals surface area contributed by atoms with Crippen LogP contribution in [0.1, 0.15) is 27.3 Å². The van der Waals surface area contributed by atoms with Crippen LogP contribution in [0.4, 0.5) is 5.95 Å². The number of nitrogens with zero attached hydrogens (tertiary/aromatic N) is 2. The molecule has 1 heterocycles. The van der Waals surface area contributed by atoms with Gasteiger partial charge in [-0.25, -0.2) is 14.8 Å². The monoisotopic (exact) mass is 349 g/mol. The van der Waals surface area contributed by atoms with Gasteiger partial charge in [0.05, 0.1) is 11.4 Å². The van der Waals surface area contributed by atoms with Crippen LogP contribution in [0.25, 0.3) is 11.1 Å². The van der Waals surface area contributed by atoms with Crippen molar-refractivity contribution in [1.82, 2.24) is 9.97 Å². The number of phenolic OH excluding ortho intramolecular Hbond substituents is 1. The largest absolute Gasteiger partial charge is 0.508 e. The van der Waals surface area contributed by atoms with E-state index in [9.17, 15) is 15.0 Å². The number of carboxylic acid groups (broad SMARTS) is 1. The van der Waals surface area contributed by atoms with Gasteiger partial charge in [0.2, 0.25) is 5.95 Å². The molecule has 3 aromatic rings. The van der Waals surface area contributed by atoms with E-state index in [1.165, 1.54) is 0 Å². The summed E-state index contributed by atoms with van der Waals surface area (Å²) in [5.74, 6) is -0.430. The molecule has 0 saturated carbocycles. The molecule has 0 atom stereocenters. The number of benzene rings is 2. The predicted octanol–water partition coefficient (Wildman–Crippen LogP) is 3.78. The van der Waals surface area contributed by atoms with Gasteiger partial charge in [0.15, 0.2) is 0 Å². The minimum absolute atomic E-state index is 0.135. The molecule has 3 rings (SSSR count). The molecule has 26 heavy (non-hydrogen) atoms. The molecule has 6 heteroatoms. The Labute approximate surface area is 151 Å². The molecule has 132 valence electrons. The summed E-state index contributed by atoms with van der Waals surface area (Å²) in [4.78, 5) is 19.7. The zero-order valence-electron chi connectivity index (χ0n) is 14.5. The quantitative estimate of drug-likeness (QED) is 0.649. The molecular formula is C20H19N3O3. The van der Waals surface area contributed by atoms with Gasteiger partial charge in [0.1, 0.15) is 11.3 Å². The van der Waals surface area contributed by atoms with Crippen LogP contribution < -0.4 is 5.32 Å². The molecule has 0 amide bonds. The molecule has 2 aromatic carbocycles. The number of hydrogen-bond donors (Lipinski definition) is 3. The number of carboxylic acids is 1. The molecule has 0 unspecified atom stereocenters. The lowest BCUT2D eigenvalue weighted by Crippen LogP contribution is -2.11. The Balaban J connectivity index is 1.86. The highest BCUT2D eigenvalue weighted by molar-refractivity contribution is 5.90. The Morgan fingerprint density at radius 1 is 1.04 bits per heavy atom. The number of hydrogen-bond acceptors (Lipinski definition) is 5. The maximum absolute atomic E-state index is 11.2. The Morgan fingerprint density at radius 2 is 1.73 bits per heavy atom. The van der Waals surface area contributed by atoms with Crippen molar-refractivity contribution in [2.75, 3.05) is 5.32 Å². The summed E-state index contributed by atoms with van der Waals surface area (Å²) in [6, 6.07) is 14.9. The Kier molecular flexibility index (Phi) is 4.84. The summed E-state index contributed by atoms with van der Waals surface area (Å²) in [5.41, 5.74) is 3.90. The number of rotatable bonds is 5. The molecule has 0 saturated heterocycles. The summed E-state index contributed by atoms with van der Waals surface area (Å²) >= 11 is 0. The lowest BCUT2D eigenvalue weighted by Gasteiger charge is -2.13. The molecule has 0 fully saturated rings. The van der Waals surface area contributed by atoms with E-state index in [2.05, 4.69) is 15.3 Å². The number of aryl methyl sites for hydroxylation is 2. The van der Waals surface area contributed by atoms with Gasteiger partial charge in [0.25, 0.3) is 0 Å². The summed E-state index contributed by atoms with van der Waals surface area (Å²) in [7, 11) is 0. The van der Waals surface area contributed by atoms with Crippen molar-refractivity contribution < 1.29 is 15.0 Å². The molecule has 0 bridgehead atoms. The minimum atomic E-state index is -1.03. The van der Waals surface area contributed by atoms with Crippen molar-refractivity contribution in [3.63, 3.8) is 0 Å². The van der Waals surface area contributed by atoms with Crippen LogP contribution >= 0.6 is 0 Å². The molecule has 0 radical (unpaired) electrons. The predicted molar refractivity (Wildman–Crippen MR) is 99.3 cm³/mol. The van der Waals surface area contributed by atoms with E-state index in [-0.39, 0.29) is 11.3 Å². The number of phenols is 1. The normalized spacial score (nSPS) is 10.5. The fourth-order valence-corrected chi connectivity index (χ4v) is 2.91. The van der Waals surface area contributed by atoms with Gasteiger partial charge in [-0.2, -0.15) is 0 Å². The first-order chi connectivity index (χ1) is 12.5. The van der Waals surface area contributed by atoms with E-state index >= 15 is 0 Å². The fourth-order valence-electron chi connectivity index (χ4n) is 2.91. The zero-order chi connectivity index (χ0) is 18.7. The van der Waals surface area contributed by atoms with Crippen molar-refractivity contribution in [3.05, 3.63) is 71.0 Å². The van der Waals surface area contributed by atoms with Gasteiger partial charge < -0.3 is 15.5 Å². The number of aromatic carboxylic acids is 1. The Bertz CT molecular complexity index is 947. The van der Waals surface area contributed by atoms with Gasteiger partial charge in [-0.3, -0.25) is 0 Å². The van der Waals surface area contributed by atoms with Crippen molar-refractivity contribution in [2.24, 2.45) is 0 Å². The van der Waals surface area contributed by atoms with E-state index in [0.717, 1.165) is 16.7 Å². The number of carbonyl (C=O) groups is 1. The number of aromatic nitrogens is 2. The van der Waals surface area contributed by atoms with Gasteiger partial charge in [0, 0.05) is 6.54 Å². The lowest BCUT2D eigenvalue weighted by atomic mass is 9.99. The van der Waals surface area contributed by atoms with E-state index in [4.69, 9.17) is 0 Å². The highest BCUT2D eigenvalue weighted by Gasteiger charge is 2.15. The molecule has 1 aromatic heterocycles. The zero-order valence-corrected chi connectivity index (χ0v) is 14.5. The summed E-state index contributed by atoms with van der Waals surface area (Å²) in [6.07, 6.45) is 0. The fraction of sp³-hybridized carbons (Fsp3) is 0.150. The van der Waals surface area contributed by atoms with E-state index in [1.54, 1.807) is 32.0 Å². The second-order valence-electron chi connectivity index (χ2n) is 5.96. The van der Waals surface area contributed by atoms with Gasteiger partial charge >= 0.3 is 5.97 Å². The van der Waals surface area contributed by atoms with Crippen LogP contribution in [-0.2, 0) is 6.54 Å². The standard InChI is InChI=1S/C20H19N3O3/c1-12-18(19(25)26)13(2)23-20(22-12)21-11-15-6-3-4-9-17(15)14-7-5-8-16(24)10-14/h3-10,24H,11H2,1-2H3,(H,25,26)(H,21,22,23). The second kappa shape index (κ2) is 7.23. The van der Waals surface area contributed by atoms with Crippen LogP contribution in [0.3, 0.4) is 0 Å². The van der Waals surface area contributed by atoms with Crippen molar-refractivity contribution in [1.29, 1.82) is 0 Å². The summed E-state index contributed by atoms with van der Waals surface area (Å²) < 4.78 is 0. The van der Waals surface area contributed by atoms with Crippen LogP contribution in [0, 0.1) is 13.8 Å². The molecular weight excluding hydrogens is 330 g/mol. The third-order valence-corrected chi connectivity index (χ3v) is 4.10. The third-order valence-electron chi connectivity index (χ3n) is 4.10. The van der Waals surface area contributed by atoms with Crippen LogP contribution in [0.5, 0.6) is 5.75 Å². The SMILES string of the molecule is Cc1nc(NCc2ccccc2-c2cccc(O)c2)nc(C)c1C(=O)O. The second-order valence-corrected chi connectivity index (χ2v) is 5.96. The first kappa shape index (κ1) is 17.4. The Morgan fingerprint density at radius 3 is 2.38 bits per heavy atom. The highest BCUT2D eigenvalue weighted by Crippen LogP contribution is 2.27.